The zero-order valence-corrected chi connectivity index (χ0v) is 13.3. The van der Waals surface area contributed by atoms with Crippen molar-refractivity contribution in [1.82, 2.24) is 4.31 Å². The van der Waals surface area contributed by atoms with E-state index in [0.717, 1.165) is 16.8 Å². The minimum atomic E-state index is -3.11. The van der Waals surface area contributed by atoms with E-state index in [-0.39, 0.29) is 0 Å². The number of thiocarbonyl (C=S) groups is 1. The first kappa shape index (κ1) is 15.2. The van der Waals surface area contributed by atoms with Gasteiger partial charge in [-0.3, -0.25) is 0 Å². The Labute approximate surface area is 125 Å². The average molecular weight is 313 g/mol. The summed E-state index contributed by atoms with van der Waals surface area (Å²) in [6.07, 6.45) is 1.25. The van der Waals surface area contributed by atoms with Gasteiger partial charge in [-0.05, 0) is 24.6 Å². The monoisotopic (exact) mass is 313 g/mol. The van der Waals surface area contributed by atoms with Gasteiger partial charge in [0.15, 0.2) is 0 Å². The molecule has 1 aromatic carbocycles. The quantitative estimate of drug-likeness (QED) is 0.833. The van der Waals surface area contributed by atoms with Gasteiger partial charge in [0, 0.05) is 37.4 Å². The summed E-state index contributed by atoms with van der Waals surface area (Å²) in [5.74, 6) is 0. The van der Waals surface area contributed by atoms with E-state index in [2.05, 4.69) is 4.90 Å². The molecule has 0 saturated carbocycles. The number of rotatable bonds is 3. The predicted octanol–water partition coefficient (Wildman–Crippen LogP) is 0.711. The molecule has 0 bridgehead atoms. The van der Waals surface area contributed by atoms with Crippen molar-refractivity contribution in [3.05, 3.63) is 29.3 Å². The van der Waals surface area contributed by atoms with E-state index in [1.165, 1.54) is 10.6 Å². The number of benzene rings is 1. The van der Waals surface area contributed by atoms with Gasteiger partial charge in [-0.1, -0.05) is 18.3 Å². The summed E-state index contributed by atoms with van der Waals surface area (Å²) in [6, 6.07) is 5.95. The van der Waals surface area contributed by atoms with Crippen LogP contribution in [-0.4, -0.2) is 50.1 Å². The van der Waals surface area contributed by atoms with E-state index >= 15 is 0 Å². The molecule has 0 unspecified atom stereocenters. The minimum absolute atomic E-state index is 0.366. The van der Waals surface area contributed by atoms with Gasteiger partial charge >= 0.3 is 0 Å². The molecule has 1 aliphatic heterocycles. The second-order valence-electron chi connectivity index (χ2n) is 5.03. The molecule has 0 amide bonds. The van der Waals surface area contributed by atoms with Crippen LogP contribution in [0.15, 0.2) is 18.2 Å². The molecule has 1 heterocycles. The number of nitrogens with zero attached hydrogens (tertiary/aromatic N) is 2. The largest absolute Gasteiger partial charge is 0.389 e. The van der Waals surface area contributed by atoms with Crippen LogP contribution in [0.4, 0.5) is 5.69 Å². The Morgan fingerprint density at radius 3 is 2.35 bits per heavy atom. The van der Waals surface area contributed by atoms with Gasteiger partial charge < -0.3 is 10.6 Å². The molecule has 0 spiro atoms. The molecule has 1 aromatic rings. The van der Waals surface area contributed by atoms with E-state index in [4.69, 9.17) is 18.0 Å². The van der Waals surface area contributed by atoms with Crippen molar-refractivity contribution in [1.29, 1.82) is 0 Å². The maximum absolute atomic E-state index is 11.5. The van der Waals surface area contributed by atoms with Crippen molar-refractivity contribution in [2.24, 2.45) is 5.73 Å². The third-order valence-corrected chi connectivity index (χ3v) is 4.99. The third kappa shape index (κ3) is 3.28. The number of sulfonamides is 1. The molecule has 1 aliphatic rings. The number of piperazine rings is 1. The zero-order chi connectivity index (χ0) is 14.9. The highest BCUT2D eigenvalue weighted by Gasteiger charge is 2.24. The van der Waals surface area contributed by atoms with E-state index in [1.807, 2.05) is 25.1 Å². The SMILES string of the molecule is Cc1ccc(C(N)=S)c(N2CCN(S(C)(=O)=O)CC2)c1. The Morgan fingerprint density at radius 1 is 1.25 bits per heavy atom. The van der Waals surface area contributed by atoms with Crippen LogP contribution in [0.1, 0.15) is 11.1 Å². The van der Waals surface area contributed by atoms with Crippen LogP contribution in [0.2, 0.25) is 0 Å². The van der Waals surface area contributed by atoms with Crippen LogP contribution in [0.3, 0.4) is 0 Å². The Bertz CT molecular complexity index is 621. The van der Waals surface area contributed by atoms with Crippen molar-refractivity contribution in [3.8, 4) is 0 Å². The number of hydrogen-bond donors (Lipinski definition) is 1. The number of anilines is 1. The fourth-order valence-corrected chi connectivity index (χ4v) is 3.37. The first-order chi connectivity index (χ1) is 9.29. The Balaban J connectivity index is 2.22. The van der Waals surface area contributed by atoms with E-state index in [9.17, 15) is 8.42 Å². The van der Waals surface area contributed by atoms with E-state index in [1.54, 1.807) is 0 Å². The maximum Gasteiger partial charge on any atom is 0.211 e. The normalized spacial score (nSPS) is 17.2. The fourth-order valence-electron chi connectivity index (χ4n) is 2.37. The molecule has 2 N–H and O–H groups in total. The first-order valence-corrected chi connectivity index (χ1v) is 8.65. The van der Waals surface area contributed by atoms with Gasteiger partial charge in [-0.15, -0.1) is 0 Å². The lowest BCUT2D eigenvalue weighted by atomic mass is 10.1. The minimum Gasteiger partial charge on any atom is -0.389 e. The predicted molar refractivity (Wildman–Crippen MR) is 85.7 cm³/mol. The summed E-state index contributed by atoms with van der Waals surface area (Å²) in [5.41, 5.74) is 8.73. The van der Waals surface area contributed by atoms with Crippen LogP contribution in [-0.2, 0) is 10.0 Å². The van der Waals surface area contributed by atoms with Crippen LogP contribution in [0, 0.1) is 6.92 Å². The molecule has 1 saturated heterocycles. The van der Waals surface area contributed by atoms with Gasteiger partial charge in [0.2, 0.25) is 10.0 Å². The van der Waals surface area contributed by atoms with Gasteiger partial charge in [-0.25, -0.2) is 8.42 Å². The van der Waals surface area contributed by atoms with Crippen molar-refractivity contribution in [2.75, 3.05) is 37.3 Å². The summed E-state index contributed by atoms with van der Waals surface area (Å²) in [5, 5.41) is 0. The van der Waals surface area contributed by atoms with Gasteiger partial charge in [0.25, 0.3) is 0 Å². The standard InChI is InChI=1S/C13H19N3O2S2/c1-10-3-4-11(13(14)19)12(9-10)15-5-7-16(8-6-15)20(2,17)18/h3-4,9H,5-8H2,1-2H3,(H2,14,19). The lowest BCUT2D eigenvalue weighted by Gasteiger charge is -2.35. The van der Waals surface area contributed by atoms with Gasteiger partial charge in [-0.2, -0.15) is 4.31 Å². The molecule has 110 valence electrons. The highest BCUT2D eigenvalue weighted by atomic mass is 32.2. The summed E-state index contributed by atoms with van der Waals surface area (Å²) in [7, 11) is -3.11. The van der Waals surface area contributed by atoms with E-state index < -0.39 is 10.0 Å². The second kappa shape index (κ2) is 5.67. The molecule has 7 heteroatoms. The van der Waals surface area contributed by atoms with Crippen LogP contribution in [0.25, 0.3) is 0 Å². The number of nitrogens with two attached hydrogens (primary N) is 1. The van der Waals surface area contributed by atoms with Crippen molar-refractivity contribution in [2.45, 2.75) is 6.92 Å². The molecule has 2 rings (SSSR count). The highest BCUT2D eigenvalue weighted by molar-refractivity contribution is 7.88. The summed E-state index contributed by atoms with van der Waals surface area (Å²) in [4.78, 5) is 2.51. The first-order valence-electron chi connectivity index (χ1n) is 6.39. The van der Waals surface area contributed by atoms with Gasteiger partial charge in [0.1, 0.15) is 4.99 Å². The number of aryl methyl sites for hydroxylation is 1. The van der Waals surface area contributed by atoms with Crippen molar-refractivity contribution < 1.29 is 8.42 Å². The average Bonchev–Trinajstić information content (AvgIpc) is 2.37. The molecular weight excluding hydrogens is 294 g/mol. The molecular formula is C13H19N3O2S2. The number of hydrogen-bond acceptors (Lipinski definition) is 4. The fraction of sp³-hybridized carbons (Fsp3) is 0.462. The second-order valence-corrected chi connectivity index (χ2v) is 7.46. The van der Waals surface area contributed by atoms with Crippen molar-refractivity contribution >= 4 is 32.9 Å². The smallest absolute Gasteiger partial charge is 0.211 e. The molecule has 0 radical (unpaired) electrons. The Morgan fingerprint density at radius 2 is 1.85 bits per heavy atom. The zero-order valence-electron chi connectivity index (χ0n) is 11.7. The van der Waals surface area contributed by atoms with Crippen LogP contribution in [0.5, 0.6) is 0 Å². The summed E-state index contributed by atoms with van der Waals surface area (Å²) >= 11 is 5.09. The molecule has 1 fully saturated rings. The molecule has 20 heavy (non-hydrogen) atoms. The highest BCUT2D eigenvalue weighted by Crippen LogP contribution is 2.24. The lowest BCUT2D eigenvalue weighted by Crippen LogP contribution is -2.48. The molecule has 0 atom stereocenters. The van der Waals surface area contributed by atoms with E-state index in [0.29, 0.717) is 31.2 Å². The lowest BCUT2D eigenvalue weighted by molar-refractivity contribution is 0.388. The Kier molecular flexibility index (Phi) is 4.31. The molecule has 0 aromatic heterocycles. The third-order valence-electron chi connectivity index (χ3n) is 3.47. The Hall–Kier alpha value is -1.18. The molecule has 5 nitrogen and oxygen atoms in total. The van der Waals surface area contributed by atoms with Crippen LogP contribution < -0.4 is 10.6 Å². The summed E-state index contributed by atoms with van der Waals surface area (Å²) in [6.45, 7) is 4.28. The summed E-state index contributed by atoms with van der Waals surface area (Å²) < 4.78 is 24.6. The maximum atomic E-state index is 11.5. The van der Waals surface area contributed by atoms with Crippen molar-refractivity contribution in [3.63, 3.8) is 0 Å². The molecule has 0 aliphatic carbocycles. The van der Waals surface area contributed by atoms with Gasteiger partial charge in [0.05, 0.1) is 6.26 Å². The van der Waals surface area contributed by atoms with Crippen LogP contribution >= 0.6 is 12.2 Å². The topological polar surface area (TPSA) is 66.6 Å².